The summed E-state index contributed by atoms with van der Waals surface area (Å²) in [7, 11) is 0. The second kappa shape index (κ2) is 50.4. The van der Waals surface area contributed by atoms with Crippen molar-refractivity contribution >= 4 is 17.9 Å². The topological polar surface area (TPSA) is 78.9 Å². The molecule has 6 heteroatoms. The fraction of sp³-hybridized carbons (Fsp3) is 0.946. The zero-order valence-electron chi connectivity index (χ0n) is 42.3. The normalized spacial score (nSPS) is 12.4. The summed E-state index contributed by atoms with van der Waals surface area (Å²) in [6, 6.07) is 0. The van der Waals surface area contributed by atoms with Crippen molar-refractivity contribution in [2.24, 2.45) is 5.92 Å². The second-order valence-electron chi connectivity index (χ2n) is 19.5. The average molecular weight is 877 g/mol. The van der Waals surface area contributed by atoms with Gasteiger partial charge in [-0.1, -0.05) is 278 Å². The number of unbranched alkanes of at least 4 members (excludes halogenated alkanes) is 37. The fourth-order valence-corrected chi connectivity index (χ4v) is 8.54. The summed E-state index contributed by atoms with van der Waals surface area (Å²) in [5.74, 6) is -0.0281. The summed E-state index contributed by atoms with van der Waals surface area (Å²) >= 11 is 0. The highest BCUT2D eigenvalue weighted by Gasteiger charge is 2.19. The SMILES string of the molecule is CCCCCCCCCCCCCCCCCCCC(=O)OC[C@H](COC(=O)CCCCCCCCC(C)CC)OC(=O)CCCCCCCCCCCCCCCCCCC. The number of hydrogen-bond donors (Lipinski definition) is 0. The first-order chi connectivity index (χ1) is 30.4. The minimum atomic E-state index is -0.762. The van der Waals surface area contributed by atoms with Crippen LogP contribution < -0.4 is 0 Å². The van der Waals surface area contributed by atoms with E-state index in [9.17, 15) is 14.4 Å². The first kappa shape index (κ1) is 60.4. The van der Waals surface area contributed by atoms with E-state index in [1.54, 1.807) is 0 Å². The van der Waals surface area contributed by atoms with Crippen LogP contribution in [0.4, 0.5) is 0 Å². The average Bonchev–Trinajstić information content (AvgIpc) is 3.27. The summed E-state index contributed by atoms with van der Waals surface area (Å²) < 4.78 is 16.8. The monoisotopic (exact) mass is 877 g/mol. The van der Waals surface area contributed by atoms with Crippen molar-refractivity contribution in [3.63, 3.8) is 0 Å². The van der Waals surface area contributed by atoms with E-state index in [0.29, 0.717) is 19.3 Å². The second-order valence-corrected chi connectivity index (χ2v) is 19.5. The van der Waals surface area contributed by atoms with Crippen molar-refractivity contribution in [1.29, 1.82) is 0 Å². The molecule has 0 spiro atoms. The molecule has 0 N–H and O–H groups in total. The Bertz CT molecular complexity index is 935. The van der Waals surface area contributed by atoms with Crippen molar-refractivity contribution < 1.29 is 28.6 Å². The molecule has 0 aromatic heterocycles. The van der Waals surface area contributed by atoms with E-state index in [4.69, 9.17) is 14.2 Å². The third-order valence-corrected chi connectivity index (χ3v) is 13.2. The highest BCUT2D eigenvalue weighted by molar-refractivity contribution is 5.71. The maximum atomic E-state index is 12.8. The van der Waals surface area contributed by atoms with Crippen molar-refractivity contribution in [1.82, 2.24) is 0 Å². The van der Waals surface area contributed by atoms with Crippen LogP contribution in [0.1, 0.15) is 317 Å². The van der Waals surface area contributed by atoms with Crippen LogP contribution in [0.15, 0.2) is 0 Å². The van der Waals surface area contributed by atoms with Crippen LogP contribution in [0.2, 0.25) is 0 Å². The molecular formula is C56H108O6. The lowest BCUT2D eigenvalue weighted by molar-refractivity contribution is -0.167. The van der Waals surface area contributed by atoms with Crippen LogP contribution in [0, 0.1) is 5.92 Å². The predicted octanol–water partition coefficient (Wildman–Crippen LogP) is 18.2. The van der Waals surface area contributed by atoms with E-state index in [1.165, 1.54) is 212 Å². The molecule has 0 aromatic carbocycles. The lowest BCUT2D eigenvalue weighted by atomic mass is 10.00. The Morgan fingerprint density at radius 1 is 0.323 bits per heavy atom. The Kier molecular flexibility index (Phi) is 49.1. The van der Waals surface area contributed by atoms with Crippen LogP contribution in [-0.2, 0) is 28.6 Å². The van der Waals surface area contributed by atoms with Gasteiger partial charge >= 0.3 is 17.9 Å². The Morgan fingerprint density at radius 2 is 0.565 bits per heavy atom. The van der Waals surface area contributed by atoms with Crippen LogP contribution in [-0.4, -0.2) is 37.2 Å². The number of ether oxygens (including phenoxy) is 3. The highest BCUT2D eigenvalue weighted by Crippen LogP contribution is 2.18. The van der Waals surface area contributed by atoms with Gasteiger partial charge in [0.1, 0.15) is 13.2 Å². The first-order valence-electron chi connectivity index (χ1n) is 27.9. The van der Waals surface area contributed by atoms with Crippen molar-refractivity contribution in [3.8, 4) is 0 Å². The lowest BCUT2D eigenvalue weighted by Gasteiger charge is -2.18. The molecule has 0 amide bonds. The van der Waals surface area contributed by atoms with E-state index in [2.05, 4.69) is 27.7 Å². The number of rotatable bonds is 51. The Hall–Kier alpha value is -1.59. The standard InChI is InChI=1S/C56H108O6/c1-5-8-10-12-14-16-18-20-22-24-26-28-30-32-34-39-43-47-54(57)60-50-53(51-61-55(58)48-44-40-37-36-38-42-46-52(4)7-3)62-56(59)49-45-41-35-33-31-29-27-25-23-21-19-17-15-13-11-9-6-2/h52-53H,5-51H2,1-4H3/t52?,53-/m1/s1. The minimum absolute atomic E-state index is 0.0630. The molecule has 1 unspecified atom stereocenters. The zero-order valence-corrected chi connectivity index (χ0v) is 42.3. The van der Waals surface area contributed by atoms with Gasteiger partial charge in [-0.05, 0) is 25.2 Å². The molecule has 0 aliphatic carbocycles. The van der Waals surface area contributed by atoms with E-state index in [-0.39, 0.29) is 31.1 Å². The molecule has 0 saturated heterocycles. The molecular weight excluding hydrogens is 769 g/mol. The molecule has 0 rings (SSSR count). The van der Waals surface area contributed by atoms with Crippen LogP contribution in [0.5, 0.6) is 0 Å². The van der Waals surface area contributed by atoms with Gasteiger partial charge in [0.25, 0.3) is 0 Å². The van der Waals surface area contributed by atoms with Gasteiger partial charge in [0.2, 0.25) is 0 Å². The summed E-state index contributed by atoms with van der Waals surface area (Å²) in [4.78, 5) is 38.0. The molecule has 0 fully saturated rings. The van der Waals surface area contributed by atoms with Crippen LogP contribution in [0.3, 0.4) is 0 Å². The largest absolute Gasteiger partial charge is 0.462 e. The maximum absolute atomic E-state index is 12.8. The van der Waals surface area contributed by atoms with E-state index < -0.39 is 6.10 Å². The summed E-state index contributed by atoms with van der Waals surface area (Å²) in [6.07, 6.45) is 53.8. The molecule has 0 radical (unpaired) electrons. The Balaban J connectivity index is 4.26. The maximum Gasteiger partial charge on any atom is 0.306 e. The van der Waals surface area contributed by atoms with E-state index in [1.807, 2.05) is 0 Å². The highest BCUT2D eigenvalue weighted by atomic mass is 16.6. The van der Waals surface area contributed by atoms with Gasteiger partial charge in [-0.2, -0.15) is 0 Å². The van der Waals surface area contributed by atoms with Gasteiger partial charge in [0.15, 0.2) is 6.10 Å². The number of hydrogen-bond acceptors (Lipinski definition) is 6. The van der Waals surface area contributed by atoms with Gasteiger partial charge in [-0.3, -0.25) is 14.4 Å². The molecule has 2 atom stereocenters. The minimum Gasteiger partial charge on any atom is -0.462 e. The number of carbonyl (C=O) groups excluding carboxylic acids is 3. The first-order valence-corrected chi connectivity index (χ1v) is 27.9. The summed E-state index contributed by atoms with van der Waals surface area (Å²) in [5, 5.41) is 0. The number of esters is 3. The lowest BCUT2D eigenvalue weighted by Crippen LogP contribution is -2.30. The third-order valence-electron chi connectivity index (χ3n) is 13.2. The number of carbonyl (C=O) groups is 3. The molecule has 6 nitrogen and oxygen atoms in total. The molecule has 0 heterocycles. The van der Waals surface area contributed by atoms with Gasteiger partial charge in [-0.25, -0.2) is 0 Å². The summed E-state index contributed by atoms with van der Waals surface area (Å²) in [5.41, 5.74) is 0. The molecule has 62 heavy (non-hydrogen) atoms. The van der Waals surface area contributed by atoms with Gasteiger partial charge in [0.05, 0.1) is 0 Å². The van der Waals surface area contributed by atoms with Crippen LogP contribution in [0.25, 0.3) is 0 Å². The molecule has 0 bridgehead atoms. The van der Waals surface area contributed by atoms with Gasteiger partial charge < -0.3 is 14.2 Å². The quantitative estimate of drug-likeness (QED) is 0.0344. The zero-order chi connectivity index (χ0) is 45.2. The Morgan fingerprint density at radius 3 is 0.839 bits per heavy atom. The molecule has 0 aliphatic heterocycles. The smallest absolute Gasteiger partial charge is 0.306 e. The van der Waals surface area contributed by atoms with Crippen molar-refractivity contribution in [3.05, 3.63) is 0 Å². The fourth-order valence-electron chi connectivity index (χ4n) is 8.54. The molecule has 368 valence electrons. The van der Waals surface area contributed by atoms with E-state index in [0.717, 1.165) is 63.7 Å². The van der Waals surface area contributed by atoms with Gasteiger partial charge in [0, 0.05) is 19.3 Å². The molecule has 0 aromatic rings. The van der Waals surface area contributed by atoms with E-state index >= 15 is 0 Å². The predicted molar refractivity (Wildman–Crippen MR) is 266 cm³/mol. The van der Waals surface area contributed by atoms with Crippen molar-refractivity contribution in [2.45, 2.75) is 323 Å². The van der Waals surface area contributed by atoms with Crippen LogP contribution >= 0.6 is 0 Å². The van der Waals surface area contributed by atoms with Gasteiger partial charge in [-0.15, -0.1) is 0 Å². The molecule has 0 saturated carbocycles. The summed E-state index contributed by atoms with van der Waals surface area (Å²) in [6.45, 7) is 9.02. The third kappa shape index (κ3) is 47.9. The molecule has 0 aliphatic rings. The Labute approximate surface area is 387 Å². The van der Waals surface area contributed by atoms with Crippen molar-refractivity contribution in [2.75, 3.05) is 13.2 Å².